The maximum Gasteiger partial charge on any atom is 0.253 e. The predicted octanol–water partition coefficient (Wildman–Crippen LogP) is 1.67. The molecule has 0 radical (unpaired) electrons. The number of hydrogen-bond acceptors (Lipinski definition) is 4. The highest BCUT2D eigenvalue weighted by atomic mass is 16.5. The van der Waals surface area contributed by atoms with Gasteiger partial charge in [-0.15, -0.1) is 0 Å². The molecule has 1 aliphatic rings. The van der Waals surface area contributed by atoms with Gasteiger partial charge in [0.05, 0.1) is 18.6 Å². The van der Waals surface area contributed by atoms with Crippen LogP contribution in [0.3, 0.4) is 0 Å². The number of aliphatic hydroxyl groups excluding tert-OH is 1. The molecule has 0 unspecified atom stereocenters. The third kappa shape index (κ3) is 5.81. The van der Waals surface area contributed by atoms with Crippen LogP contribution >= 0.6 is 0 Å². The van der Waals surface area contributed by atoms with Crippen LogP contribution in [0.4, 0.5) is 0 Å². The van der Waals surface area contributed by atoms with Gasteiger partial charge in [-0.2, -0.15) is 0 Å². The van der Waals surface area contributed by atoms with Gasteiger partial charge in [-0.1, -0.05) is 17.2 Å². The lowest BCUT2D eigenvalue weighted by atomic mass is 9.96. The minimum absolute atomic E-state index is 0.00943. The smallest absolute Gasteiger partial charge is 0.253 e. The van der Waals surface area contributed by atoms with E-state index in [4.69, 9.17) is 4.74 Å². The average Bonchev–Trinajstić information content (AvgIpc) is 2.60. The number of aliphatic hydroxyl groups is 1. The summed E-state index contributed by atoms with van der Waals surface area (Å²) < 4.78 is 4.87. The Morgan fingerprint density at radius 1 is 1.31 bits per heavy atom. The van der Waals surface area contributed by atoms with Crippen LogP contribution in [0.15, 0.2) is 18.2 Å². The SMILES string of the molecule is COC[C@H](O)CCNC(=O)[C@@H]1CCCN(C(=O)c2cc(C)cc(C)c2)C1. The van der Waals surface area contributed by atoms with Crippen molar-refractivity contribution >= 4 is 11.8 Å². The summed E-state index contributed by atoms with van der Waals surface area (Å²) in [6.45, 7) is 5.76. The summed E-state index contributed by atoms with van der Waals surface area (Å²) in [6.07, 6.45) is 1.48. The topological polar surface area (TPSA) is 78.9 Å². The molecule has 144 valence electrons. The maximum absolute atomic E-state index is 12.8. The number of benzene rings is 1. The van der Waals surface area contributed by atoms with E-state index < -0.39 is 6.10 Å². The van der Waals surface area contributed by atoms with E-state index in [1.807, 2.05) is 32.0 Å². The molecule has 0 aromatic heterocycles. The van der Waals surface area contributed by atoms with Crippen LogP contribution in [0.2, 0.25) is 0 Å². The lowest BCUT2D eigenvalue weighted by Crippen LogP contribution is -2.45. The van der Waals surface area contributed by atoms with Gasteiger partial charge in [0.25, 0.3) is 5.91 Å². The van der Waals surface area contributed by atoms with Gasteiger partial charge in [-0.3, -0.25) is 9.59 Å². The second kappa shape index (κ2) is 9.69. The maximum atomic E-state index is 12.8. The van der Waals surface area contributed by atoms with Crippen molar-refractivity contribution in [3.63, 3.8) is 0 Å². The summed E-state index contributed by atoms with van der Waals surface area (Å²) >= 11 is 0. The molecule has 6 nitrogen and oxygen atoms in total. The summed E-state index contributed by atoms with van der Waals surface area (Å²) in [5.41, 5.74) is 2.81. The Balaban J connectivity index is 1.89. The van der Waals surface area contributed by atoms with Gasteiger partial charge in [0.15, 0.2) is 0 Å². The first-order chi connectivity index (χ1) is 12.4. The second-order valence-electron chi connectivity index (χ2n) is 7.16. The molecule has 2 N–H and O–H groups in total. The molecule has 1 heterocycles. The monoisotopic (exact) mass is 362 g/mol. The number of amides is 2. The number of likely N-dealkylation sites (tertiary alicyclic amines) is 1. The van der Waals surface area contributed by atoms with Crippen molar-refractivity contribution in [1.29, 1.82) is 0 Å². The molecule has 1 aromatic rings. The zero-order valence-corrected chi connectivity index (χ0v) is 16.0. The Morgan fingerprint density at radius 3 is 2.65 bits per heavy atom. The molecule has 1 aliphatic heterocycles. The predicted molar refractivity (Wildman–Crippen MR) is 100 cm³/mol. The van der Waals surface area contributed by atoms with Crippen LogP contribution in [-0.4, -0.2) is 61.3 Å². The molecule has 1 saturated heterocycles. The first-order valence-electron chi connectivity index (χ1n) is 9.23. The highest BCUT2D eigenvalue weighted by Crippen LogP contribution is 2.20. The second-order valence-corrected chi connectivity index (χ2v) is 7.16. The first-order valence-corrected chi connectivity index (χ1v) is 9.23. The van der Waals surface area contributed by atoms with E-state index in [9.17, 15) is 14.7 Å². The zero-order chi connectivity index (χ0) is 19.1. The molecule has 1 fully saturated rings. The number of ether oxygens (including phenoxy) is 1. The van der Waals surface area contributed by atoms with Crippen LogP contribution in [0.1, 0.15) is 40.7 Å². The number of carbonyl (C=O) groups is 2. The van der Waals surface area contributed by atoms with Gasteiger partial charge in [0.2, 0.25) is 5.91 Å². The molecule has 6 heteroatoms. The van der Waals surface area contributed by atoms with E-state index in [2.05, 4.69) is 5.32 Å². The van der Waals surface area contributed by atoms with Crippen molar-refractivity contribution in [3.05, 3.63) is 34.9 Å². The number of hydrogen-bond donors (Lipinski definition) is 2. The number of nitrogens with one attached hydrogen (secondary N) is 1. The van der Waals surface area contributed by atoms with E-state index >= 15 is 0 Å². The normalized spacial score (nSPS) is 18.5. The molecule has 2 atom stereocenters. The van der Waals surface area contributed by atoms with Crippen LogP contribution in [-0.2, 0) is 9.53 Å². The van der Waals surface area contributed by atoms with Crippen molar-refractivity contribution < 1.29 is 19.4 Å². The number of methoxy groups -OCH3 is 1. The van der Waals surface area contributed by atoms with Crippen molar-refractivity contribution in [1.82, 2.24) is 10.2 Å². The molecule has 0 aliphatic carbocycles. The van der Waals surface area contributed by atoms with Gasteiger partial charge in [0, 0.05) is 32.3 Å². The summed E-state index contributed by atoms with van der Waals surface area (Å²) in [5, 5.41) is 12.5. The Hall–Kier alpha value is -1.92. The molecular weight excluding hydrogens is 332 g/mol. The molecule has 0 bridgehead atoms. The van der Waals surface area contributed by atoms with Gasteiger partial charge in [-0.05, 0) is 45.2 Å². The van der Waals surface area contributed by atoms with Crippen LogP contribution < -0.4 is 5.32 Å². The zero-order valence-electron chi connectivity index (χ0n) is 16.0. The Morgan fingerprint density at radius 2 is 2.00 bits per heavy atom. The molecule has 2 rings (SSSR count). The highest BCUT2D eigenvalue weighted by molar-refractivity contribution is 5.95. The van der Waals surface area contributed by atoms with Gasteiger partial charge in [0.1, 0.15) is 0 Å². The van der Waals surface area contributed by atoms with Gasteiger partial charge >= 0.3 is 0 Å². The minimum atomic E-state index is -0.575. The lowest BCUT2D eigenvalue weighted by Gasteiger charge is -2.32. The molecule has 0 spiro atoms. The number of aryl methyl sites for hydroxylation is 2. The van der Waals surface area contributed by atoms with Crippen molar-refractivity contribution in [3.8, 4) is 0 Å². The summed E-state index contributed by atoms with van der Waals surface area (Å²) in [5.74, 6) is -0.254. The van der Waals surface area contributed by atoms with Gasteiger partial charge < -0.3 is 20.1 Å². The fraction of sp³-hybridized carbons (Fsp3) is 0.600. The van der Waals surface area contributed by atoms with E-state index in [1.54, 1.807) is 4.90 Å². The van der Waals surface area contributed by atoms with E-state index in [0.29, 0.717) is 31.6 Å². The lowest BCUT2D eigenvalue weighted by molar-refractivity contribution is -0.126. The molecule has 0 saturated carbocycles. The summed E-state index contributed by atoms with van der Waals surface area (Å²) in [7, 11) is 1.53. The minimum Gasteiger partial charge on any atom is -0.391 e. The molecule has 26 heavy (non-hydrogen) atoms. The highest BCUT2D eigenvalue weighted by Gasteiger charge is 2.29. The van der Waals surface area contributed by atoms with E-state index in [1.165, 1.54) is 7.11 Å². The number of carbonyl (C=O) groups excluding carboxylic acids is 2. The van der Waals surface area contributed by atoms with E-state index in [0.717, 1.165) is 24.0 Å². The Kier molecular flexibility index (Phi) is 7.60. The van der Waals surface area contributed by atoms with Crippen molar-refractivity contribution in [2.24, 2.45) is 5.92 Å². The first kappa shape index (κ1) is 20.4. The molecule has 1 aromatic carbocycles. The number of nitrogens with zero attached hydrogens (tertiary/aromatic N) is 1. The standard InChI is InChI=1S/C20H30N2O4/c1-14-9-15(2)11-17(10-14)20(25)22-8-4-5-16(12-22)19(24)21-7-6-18(23)13-26-3/h9-11,16,18,23H,4-8,12-13H2,1-3H3,(H,21,24)/t16-,18-/m1/s1. The fourth-order valence-electron chi connectivity index (χ4n) is 3.44. The molecule has 2 amide bonds. The van der Waals surface area contributed by atoms with Crippen LogP contribution in [0, 0.1) is 19.8 Å². The number of rotatable bonds is 7. The van der Waals surface area contributed by atoms with E-state index in [-0.39, 0.29) is 24.3 Å². The largest absolute Gasteiger partial charge is 0.391 e. The number of piperidine rings is 1. The average molecular weight is 362 g/mol. The van der Waals surface area contributed by atoms with Crippen molar-refractivity contribution in [2.75, 3.05) is 33.4 Å². The van der Waals surface area contributed by atoms with Crippen LogP contribution in [0.5, 0.6) is 0 Å². The Labute approximate surface area is 155 Å². The quantitative estimate of drug-likeness (QED) is 0.773. The van der Waals surface area contributed by atoms with Crippen molar-refractivity contribution in [2.45, 2.75) is 39.2 Å². The summed E-state index contributed by atoms with van der Waals surface area (Å²) in [6, 6.07) is 5.84. The fourth-order valence-corrected chi connectivity index (χ4v) is 3.44. The third-order valence-corrected chi connectivity index (χ3v) is 4.68. The van der Waals surface area contributed by atoms with Crippen LogP contribution in [0.25, 0.3) is 0 Å². The third-order valence-electron chi connectivity index (χ3n) is 4.68. The Bertz CT molecular complexity index is 612. The summed E-state index contributed by atoms with van der Waals surface area (Å²) in [4.78, 5) is 27.0. The molecular formula is C20H30N2O4. The van der Waals surface area contributed by atoms with Gasteiger partial charge in [-0.25, -0.2) is 0 Å².